The van der Waals surface area contributed by atoms with E-state index >= 15 is 0 Å². The van der Waals surface area contributed by atoms with E-state index in [-0.39, 0.29) is 11.8 Å². The summed E-state index contributed by atoms with van der Waals surface area (Å²) in [5.74, 6) is 0.264. The van der Waals surface area contributed by atoms with Gasteiger partial charge in [-0.15, -0.1) is 0 Å². The van der Waals surface area contributed by atoms with Gasteiger partial charge in [-0.3, -0.25) is 4.79 Å². The molecule has 0 radical (unpaired) electrons. The third kappa shape index (κ3) is 2.49. The molecule has 2 fully saturated rings. The van der Waals surface area contributed by atoms with E-state index in [0.29, 0.717) is 24.8 Å². The third-order valence-electron chi connectivity index (χ3n) is 5.84. The summed E-state index contributed by atoms with van der Waals surface area (Å²) in [5.41, 5.74) is 2.09. The molecule has 23 heavy (non-hydrogen) atoms. The van der Waals surface area contributed by atoms with Gasteiger partial charge in [-0.25, -0.2) is 4.79 Å². The topological polar surface area (TPSA) is 57.6 Å². The fourth-order valence-corrected chi connectivity index (χ4v) is 5.15. The SMILES string of the molecule is O=C(O)C1Cc2c(Br)cccc2CN1C(=O)C1C2CCCCC21. The second-order valence-electron chi connectivity index (χ2n) is 7.04. The van der Waals surface area contributed by atoms with Crippen LogP contribution in [-0.4, -0.2) is 27.9 Å². The molecule has 0 spiro atoms. The lowest BCUT2D eigenvalue weighted by atomic mass is 9.93. The maximum Gasteiger partial charge on any atom is 0.326 e. The Kier molecular flexibility index (Phi) is 3.71. The van der Waals surface area contributed by atoms with E-state index in [2.05, 4.69) is 15.9 Å². The van der Waals surface area contributed by atoms with Crippen LogP contribution >= 0.6 is 15.9 Å². The lowest BCUT2D eigenvalue weighted by molar-refractivity contribution is -0.152. The van der Waals surface area contributed by atoms with Crippen molar-refractivity contribution in [3.63, 3.8) is 0 Å². The molecule has 122 valence electrons. The molecule has 3 atom stereocenters. The van der Waals surface area contributed by atoms with Crippen molar-refractivity contribution in [3.8, 4) is 0 Å². The number of aliphatic carboxylic acids is 1. The van der Waals surface area contributed by atoms with Crippen LogP contribution in [0.25, 0.3) is 0 Å². The average Bonchev–Trinajstić information content (AvgIpc) is 3.27. The Morgan fingerprint density at radius 1 is 1.17 bits per heavy atom. The van der Waals surface area contributed by atoms with Crippen molar-refractivity contribution in [1.82, 2.24) is 4.90 Å². The number of carboxylic acids is 1. The van der Waals surface area contributed by atoms with Crippen LogP contribution in [0.1, 0.15) is 36.8 Å². The maximum absolute atomic E-state index is 13.0. The number of nitrogens with zero attached hydrogens (tertiary/aromatic N) is 1. The quantitative estimate of drug-likeness (QED) is 0.860. The molecule has 0 saturated heterocycles. The number of carbonyl (C=O) groups excluding carboxylic acids is 1. The highest BCUT2D eigenvalue weighted by Crippen LogP contribution is 2.56. The Morgan fingerprint density at radius 2 is 1.87 bits per heavy atom. The van der Waals surface area contributed by atoms with Gasteiger partial charge >= 0.3 is 5.97 Å². The number of carboxylic acid groups (broad SMARTS) is 1. The zero-order valence-electron chi connectivity index (χ0n) is 12.9. The maximum atomic E-state index is 13.0. The summed E-state index contributed by atoms with van der Waals surface area (Å²) >= 11 is 3.51. The molecule has 4 rings (SSSR count). The Morgan fingerprint density at radius 3 is 2.52 bits per heavy atom. The van der Waals surface area contributed by atoms with Gasteiger partial charge < -0.3 is 10.0 Å². The van der Waals surface area contributed by atoms with E-state index < -0.39 is 12.0 Å². The van der Waals surface area contributed by atoms with Gasteiger partial charge in [0.25, 0.3) is 0 Å². The predicted octanol–water partition coefficient (Wildman–Crippen LogP) is 3.22. The summed E-state index contributed by atoms with van der Waals surface area (Å²) in [6, 6.07) is 5.14. The van der Waals surface area contributed by atoms with Crippen molar-refractivity contribution in [2.75, 3.05) is 0 Å². The Bertz CT molecular complexity index is 662. The molecule has 3 unspecified atom stereocenters. The van der Waals surface area contributed by atoms with Crippen LogP contribution in [0.4, 0.5) is 0 Å². The average molecular weight is 378 g/mol. The minimum absolute atomic E-state index is 0.0694. The van der Waals surface area contributed by atoms with Gasteiger partial charge in [-0.2, -0.15) is 0 Å². The molecule has 1 heterocycles. The fourth-order valence-electron chi connectivity index (χ4n) is 4.58. The largest absolute Gasteiger partial charge is 0.480 e. The first-order valence-electron chi connectivity index (χ1n) is 8.37. The van der Waals surface area contributed by atoms with Crippen LogP contribution in [0.5, 0.6) is 0 Å². The first kappa shape index (κ1) is 15.2. The van der Waals surface area contributed by atoms with E-state index in [1.165, 1.54) is 12.8 Å². The molecule has 1 aromatic carbocycles. The zero-order valence-corrected chi connectivity index (χ0v) is 14.5. The Hall–Kier alpha value is -1.36. The molecule has 4 nitrogen and oxygen atoms in total. The highest BCUT2D eigenvalue weighted by Gasteiger charge is 2.57. The number of carbonyl (C=O) groups is 2. The molecule has 0 bridgehead atoms. The molecule has 2 saturated carbocycles. The van der Waals surface area contributed by atoms with Gasteiger partial charge in [0.15, 0.2) is 0 Å². The summed E-state index contributed by atoms with van der Waals surface area (Å²) < 4.78 is 0.938. The molecule has 0 aromatic heterocycles. The Labute approximate surface area is 144 Å². The lowest BCUT2D eigenvalue weighted by Crippen LogP contribution is -2.49. The van der Waals surface area contributed by atoms with Gasteiger partial charge in [0.2, 0.25) is 5.91 Å². The fraction of sp³-hybridized carbons (Fsp3) is 0.556. The smallest absolute Gasteiger partial charge is 0.326 e. The van der Waals surface area contributed by atoms with Crippen LogP contribution in [0.15, 0.2) is 22.7 Å². The number of rotatable bonds is 2. The molecular weight excluding hydrogens is 358 g/mol. The van der Waals surface area contributed by atoms with Crippen LogP contribution in [0, 0.1) is 17.8 Å². The van der Waals surface area contributed by atoms with E-state index in [1.54, 1.807) is 4.90 Å². The first-order valence-corrected chi connectivity index (χ1v) is 9.17. The number of fused-ring (bicyclic) bond motifs is 2. The molecule has 2 aliphatic carbocycles. The number of benzene rings is 1. The summed E-state index contributed by atoms with van der Waals surface area (Å²) in [7, 11) is 0. The molecule has 1 N–H and O–H groups in total. The van der Waals surface area contributed by atoms with Gasteiger partial charge in [0, 0.05) is 23.4 Å². The van der Waals surface area contributed by atoms with Crippen LogP contribution in [0.3, 0.4) is 0 Å². The van der Waals surface area contributed by atoms with Crippen molar-refractivity contribution in [3.05, 3.63) is 33.8 Å². The standard InChI is InChI=1S/C18H20BrNO3/c19-14-7-3-4-10-9-20(15(18(22)23)8-13(10)14)17(21)16-11-5-1-2-6-12(11)16/h3-4,7,11-12,15-16H,1-2,5-6,8-9H2,(H,22,23). The zero-order chi connectivity index (χ0) is 16.1. The van der Waals surface area contributed by atoms with Crippen molar-refractivity contribution < 1.29 is 14.7 Å². The molecule has 1 amide bonds. The van der Waals surface area contributed by atoms with Gasteiger partial charge in [-0.1, -0.05) is 40.9 Å². The van der Waals surface area contributed by atoms with E-state index in [9.17, 15) is 14.7 Å². The minimum atomic E-state index is -0.900. The summed E-state index contributed by atoms with van der Waals surface area (Å²) in [6.45, 7) is 0.417. The lowest BCUT2D eigenvalue weighted by Gasteiger charge is -2.35. The van der Waals surface area contributed by atoms with Crippen LogP contribution < -0.4 is 0 Å². The van der Waals surface area contributed by atoms with Crippen molar-refractivity contribution in [2.45, 2.75) is 44.7 Å². The highest BCUT2D eigenvalue weighted by atomic mass is 79.9. The third-order valence-corrected chi connectivity index (χ3v) is 6.58. The van der Waals surface area contributed by atoms with E-state index in [0.717, 1.165) is 28.4 Å². The molecule has 5 heteroatoms. The number of amides is 1. The summed E-state index contributed by atoms with van der Waals surface area (Å²) in [5, 5.41) is 9.63. The minimum Gasteiger partial charge on any atom is -0.480 e. The van der Waals surface area contributed by atoms with E-state index in [1.807, 2.05) is 18.2 Å². The second-order valence-corrected chi connectivity index (χ2v) is 7.89. The van der Waals surface area contributed by atoms with E-state index in [4.69, 9.17) is 0 Å². The summed E-state index contributed by atoms with van der Waals surface area (Å²) in [6.07, 6.45) is 5.08. The van der Waals surface area contributed by atoms with Crippen molar-refractivity contribution in [2.24, 2.45) is 17.8 Å². The molecule has 1 aromatic rings. The van der Waals surface area contributed by atoms with Crippen LogP contribution in [0.2, 0.25) is 0 Å². The monoisotopic (exact) mass is 377 g/mol. The number of halogens is 1. The first-order chi connectivity index (χ1) is 11.1. The molecule has 1 aliphatic heterocycles. The van der Waals surface area contributed by atoms with Crippen molar-refractivity contribution >= 4 is 27.8 Å². The predicted molar refractivity (Wildman–Crippen MR) is 88.8 cm³/mol. The normalized spacial score (nSPS) is 32.0. The number of hydrogen-bond acceptors (Lipinski definition) is 2. The van der Waals surface area contributed by atoms with Crippen LogP contribution in [-0.2, 0) is 22.6 Å². The van der Waals surface area contributed by atoms with Gasteiger partial charge in [0.1, 0.15) is 6.04 Å². The molecular formula is C18H20BrNO3. The Balaban J connectivity index is 1.61. The highest BCUT2D eigenvalue weighted by molar-refractivity contribution is 9.10. The number of hydrogen-bond donors (Lipinski definition) is 1. The van der Waals surface area contributed by atoms with Gasteiger partial charge in [-0.05, 0) is 41.9 Å². The molecule has 3 aliphatic rings. The summed E-state index contributed by atoms with van der Waals surface area (Å²) in [4.78, 5) is 26.4. The van der Waals surface area contributed by atoms with Gasteiger partial charge in [0.05, 0.1) is 0 Å². The van der Waals surface area contributed by atoms with Crippen molar-refractivity contribution in [1.29, 1.82) is 0 Å². The second kappa shape index (κ2) is 5.62.